The Balaban J connectivity index is 2.96. The van der Waals surface area contributed by atoms with E-state index in [4.69, 9.17) is 5.26 Å². The van der Waals surface area contributed by atoms with E-state index in [9.17, 15) is 8.42 Å². The van der Waals surface area contributed by atoms with Crippen LogP contribution in [-0.4, -0.2) is 19.4 Å². The molecule has 0 saturated carbocycles. The van der Waals surface area contributed by atoms with Crippen LogP contribution in [0.15, 0.2) is 29.2 Å². The van der Waals surface area contributed by atoms with Gasteiger partial charge in [-0.1, -0.05) is 25.5 Å². The molecule has 0 amide bonds. The summed E-state index contributed by atoms with van der Waals surface area (Å²) < 4.78 is 23.9. The first-order chi connectivity index (χ1) is 8.33. The summed E-state index contributed by atoms with van der Waals surface area (Å²) in [4.78, 5) is 4.68. The van der Waals surface area contributed by atoms with E-state index in [1.165, 1.54) is 0 Å². The smallest absolute Gasteiger partial charge is 0.178 e. The fraction of sp³-hybridized carbons (Fsp3) is 0.538. The summed E-state index contributed by atoms with van der Waals surface area (Å²) in [7, 11) is -3.19. The Morgan fingerprint density at radius 3 is 2.22 bits per heavy atom. The number of rotatable bonds is 6. The zero-order chi connectivity index (χ0) is 13.8. The Kier molecular flexibility index (Phi) is 4.90. The molecule has 0 unspecified atom stereocenters. The third kappa shape index (κ3) is 3.54. The molecule has 1 aromatic rings. The van der Waals surface area contributed by atoms with Gasteiger partial charge in [0.05, 0.1) is 10.6 Å². The minimum absolute atomic E-state index is 0.169. The predicted octanol–water partition coefficient (Wildman–Crippen LogP) is 2.99. The molecule has 102 valence electrons. The maximum absolute atomic E-state index is 11.9. The van der Waals surface area contributed by atoms with Gasteiger partial charge >= 0.3 is 0 Å². The van der Waals surface area contributed by atoms with Gasteiger partial charge in [0.25, 0.3) is 0 Å². The average molecular weight is 272 g/mol. The highest BCUT2D eigenvalue weighted by atomic mass is 32.2. The second kappa shape index (κ2) is 5.82. The molecule has 0 aliphatic rings. The first kappa shape index (κ1) is 15.1. The third-order valence-electron chi connectivity index (χ3n) is 2.90. The summed E-state index contributed by atoms with van der Waals surface area (Å²) in [5, 5.41) is 8.77. The number of hydrogen-bond acceptors (Lipinski definition) is 4. The van der Waals surface area contributed by atoms with Crippen LogP contribution in [0, 0.1) is 0 Å². The molecule has 0 aromatic heterocycles. The van der Waals surface area contributed by atoms with Crippen molar-refractivity contribution in [1.29, 1.82) is 0 Å². The summed E-state index contributed by atoms with van der Waals surface area (Å²) in [5.74, 6) is 0.169. The van der Waals surface area contributed by atoms with Gasteiger partial charge in [0, 0.05) is 0 Å². The van der Waals surface area contributed by atoms with Crippen molar-refractivity contribution in [2.75, 3.05) is 5.75 Å². The van der Waals surface area contributed by atoms with Crippen LogP contribution in [0.4, 0.5) is 0 Å². The summed E-state index contributed by atoms with van der Waals surface area (Å²) in [5.41, 5.74) is -0.120. The van der Waals surface area contributed by atoms with Crippen LogP contribution in [0.5, 0.6) is 0 Å². The first-order valence-electron chi connectivity index (χ1n) is 5.99. The largest absolute Gasteiger partial charge is 0.251 e. The minimum Gasteiger partial charge on any atom is -0.251 e. The van der Waals surface area contributed by atoms with Crippen LogP contribution < -0.4 is 0 Å². The maximum atomic E-state index is 11.9. The quantitative estimate of drug-likeness (QED) is 0.638. The van der Waals surface area contributed by atoms with Crippen molar-refractivity contribution in [3.05, 3.63) is 29.8 Å². The van der Waals surface area contributed by atoms with Crippen molar-refractivity contribution in [2.45, 2.75) is 44.1 Å². The van der Waals surface area contributed by atoms with Crippen LogP contribution in [0.25, 0.3) is 0 Å². The van der Waals surface area contributed by atoms with Crippen molar-refractivity contribution in [3.63, 3.8) is 0 Å². The molecule has 1 N–H and O–H groups in total. The highest BCUT2D eigenvalue weighted by Gasteiger charge is 2.22. The SMILES string of the molecule is CCCCS(=O)(=O)c1ccc(C(C)(C)OO)cc1. The predicted molar refractivity (Wildman–Crippen MR) is 70.1 cm³/mol. The molecule has 0 aliphatic heterocycles. The molecular formula is C13H20O4S. The van der Waals surface area contributed by atoms with Gasteiger partial charge in [-0.05, 0) is 38.0 Å². The van der Waals surface area contributed by atoms with Gasteiger partial charge in [0.1, 0.15) is 5.60 Å². The molecule has 0 radical (unpaired) electrons. The molecule has 0 atom stereocenters. The normalized spacial score (nSPS) is 12.7. The Bertz CT molecular complexity index is 474. The van der Waals surface area contributed by atoms with Crippen molar-refractivity contribution >= 4 is 9.84 Å². The molecule has 4 nitrogen and oxygen atoms in total. The molecule has 1 rings (SSSR count). The third-order valence-corrected chi connectivity index (χ3v) is 4.72. The molecule has 5 heteroatoms. The monoisotopic (exact) mass is 272 g/mol. The van der Waals surface area contributed by atoms with Crippen molar-refractivity contribution < 1.29 is 18.6 Å². The van der Waals surface area contributed by atoms with Gasteiger partial charge in [-0.15, -0.1) is 0 Å². The average Bonchev–Trinajstić information content (AvgIpc) is 2.36. The molecule has 0 saturated heterocycles. The summed E-state index contributed by atoms with van der Waals surface area (Å²) >= 11 is 0. The topological polar surface area (TPSA) is 63.6 Å². The number of unbranched alkanes of at least 4 members (excludes halogenated alkanes) is 1. The van der Waals surface area contributed by atoms with Crippen LogP contribution >= 0.6 is 0 Å². The molecular weight excluding hydrogens is 252 g/mol. The van der Waals surface area contributed by atoms with E-state index in [1.807, 2.05) is 6.92 Å². The minimum atomic E-state index is -3.19. The zero-order valence-electron chi connectivity index (χ0n) is 11.0. The van der Waals surface area contributed by atoms with Gasteiger partial charge in [0.15, 0.2) is 9.84 Å². The number of benzene rings is 1. The lowest BCUT2D eigenvalue weighted by molar-refractivity contribution is -0.318. The second-order valence-electron chi connectivity index (χ2n) is 4.80. The van der Waals surface area contributed by atoms with E-state index in [2.05, 4.69) is 4.89 Å². The molecule has 0 aliphatic carbocycles. The van der Waals surface area contributed by atoms with Gasteiger partial charge < -0.3 is 0 Å². The van der Waals surface area contributed by atoms with Crippen molar-refractivity contribution in [1.82, 2.24) is 0 Å². The Labute approximate surface area is 108 Å². The van der Waals surface area contributed by atoms with Crippen molar-refractivity contribution in [2.24, 2.45) is 0 Å². The van der Waals surface area contributed by atoms with Crippen LogP contribution in [0.3, 0.4) is 0 Å². The Morgan fingerprint density at radius 2 is 1.78 bits per heavy atom. The van der Waals surface area contributed by atoms with Crippen LogP contribution in [0.2, 0.25) is 0 Å². The Morgan fingerprint density at radius 1 is 1.22 bits per heavy atom. The van der Waals surface area contributed by atoms with E-state index in [0.29, 0.717) is 11.3 Å². The highest BCUT2D eigenvalue weighted by molar-refractivity contribution is 7.91. The number of hydrogen-bond donors (Lipinski definition) is 1. The highest BCUT2D eigenvalue weighted by Crippen LogP contribution is 2.25. The van der Waals surface area contributed by atoms with Gasteiger partial charge in [-0.25, -0.2) is 13.3 Å². The lowest BCUT2D eigenvalue weighted by Crippen LogP contribution is -2.19. The van der Waals surface area contributed by atoms with Gasteiger partial charge in [0.2, 0.25) is 0 Å². The van der Waals surface area contributed by atoms with Crippen LogP contribution in [-0.2, 0) is 20.3 Å². The fourth-order valence-electron chi connectivity index (χ4n) is 1.57. The summed E-state index contributed by atoms with van der Waals surface area (Å²) in [6.07, 6.45) is 1.51. The lowest BCUT2D eigenvalue weighted by Gasteiger charge is -2.21. The van der Waals surface area contributed by atoms with E-state index >= 15 is 0 Å². The van der Waals surface area contributed by atoms with Gasteiger partial charge in [-0.3, -0.25) is 5.26 Å². The summed E-state index contributed by atoms with van der Waals surface area (Å²) in [6, 6.07) is 6.44. The fourth-order valence-corrected chi connectivity index (χ4v) is 3.02. The first-order valence-corrected chi connectivity index (χ1v) is 7.64. The van der Waals surface area contributed by atoms with Crippen molar-refractivity contribution in [3.8, 4) is 0 Å². The molecule has 1 aromatic carbocycles. The molecule has 18 heavy (non-hydrogen) atoms. The Hall–Kier alpha value is -0.910. The standard InChI is InChI=1S/C13H20O4S/c1-4-5-10-18(15,16)12-8-6-11(7-9-12)13(2,3)17-14/h6-9,14H,4-5,10H2,1-3H3. The van der Waals surface area contributed by atoms with E-state index < -0.39 is 15.4 Å². The molecule has 0 spiro atoms. The van der Waals surface area contributed by atoms with E-state index in [1.54, 1.807) is 38.1 Å². The number of sulfone groups is 1. The molecule has 0 heterocycles. The second-order valence-corrected chi connectivity index (χ2v) is 6.91. The molecule has 0 fully saturated rings. The van der Waals surface area contributed by atoms with Crippen LogP contribution in [0.1, 0.15) is 39.2 Å². The maximum Gasteiger partial charge on any atom is 0.178 e. The molecule has 0 bridgehead atoms. The summed E-state index contributed by atoms with van der Waals surface area (Å²) in [6.45, 7) is 5.36. The van der Waals surface area contributed by atoms with E-state index in [-0.39, 0.29) is 5.75 Å². The lowest BCUT2D eigenvalue weighted by atomic mass is 9.99. The van der Waals surface area contributed by atoms with E-state index in [0.717, 1.165) is 12.0 Å². The zero-order valence-corrected chi connectivity index (χ0v) is 11.8. The van der Waals surface area contributed by atoms with Gasteiger partial charge in [-0.2, -0.15) is 0 Å².